The number of rotatable bonds is 4. The molecule has 0 spiro atoms. The number of nitrogens with zero attached hydrogens (tertiary/aromatic N) is 4. The SMILES string of the molecule is Cc1ccc(-n2nnnc2NCC2(O)CCCc3ccccc32)cc1. The van der Waals surface area contributed by atoms with Crippen LogP contribution in [0.1, 0.15) is 29.5 Å². The quantitative estimate of drug-likeness (QED) is 0.766. The predicted molar refractivity (Wildman–Crippen MR) is 95.7 cm³/mol. The van der Waals surface area contributed by atoms with Crippen LogP contribution in [0.2, 0.25) is 0 Å². The number of aromatic nitrogens is 4. The Labute approximate surface area is 146 Å². The predicted octanol–water partition coefficient (Wildman–Crippen LogP) is 2.61. The molecule has 25 heavy (non-hydrogen) atoms. The molecule has 1 heterocycles. The van der Waals surface area contributed by atoms with Gasteiger partial charge in [0.25, 0.3) is 0 Å². The fourth-order valence-corrected chi connectivity index (χ4v) is 3.46. The van der Waals surface area contributed by atoms with Gasteiger partial charge < -0.3 is 10.4 Å². The third-order valence-electron chi connectivity index (χ3n) is 4.84. The standard InChI is InChI=1S/C19H21N5O/c1-14-8-10-16(11-9-14)24-18(21-22-23-24)20-13-19(25)12-4-6-15-5-2-3-7-17(15)19/h2-3,5,7-11,25H,4,6,12-13H2,1H3,(H,20,21,23). The summed E-state index contributed by atoms with van der Waals surface area (Å²) in [5, 5.41) is 26.3. The van der Waals surface area contributed by atoms with Crippen LogP contribution in [-0.2, 0) is 12.0 Å². The van der Waals surface area contributed by atoms with Gasteiger partial charge in [-0.1, -0.05) is 47.1 Å². The molecule has 1 unspecified atom stereocenters. The number of hydrogen-bond acceptors (Lipinski definition) is 5. The van der Waals surface area contributed by atoms with Crippen molar-refractivity contribution in [2.45, 2.75) is 31.8 Å². The lowest BCUT2D eigenvalue weighted by Gasteiger charge is -2.34. The number of tetrazole rings is 1. The average Bonchev–Trinajstić information content (AvgIpc) is 3.10. The van der Waals surface area contributed by atoms with Crippen molar-refractivity contribution in [1.82, 2.24) is 20.2 Å². The summed E-state index contributed by atoms with van der Waals surface area (Å²) in [7, 11) is 0. The van der Waals surface area contributed by atoms with Gasteiger partial charge in [-0.05, 0) is 59.9 Å². The van der Waals surface area contributed by atoms with E-state index in [9.17, 15) is 5.11 Å². The maximum absolute atomic E-state index is 11.2. The highest BCUT2D eigenvalue weighted by Gasteiger charge is 2.34. The van der Waals surface area contributed by atoms with Crippen LogP contribution in [0.15, 0.2) is 48.5 Å². The largest absolute Gasteiger partial charge is 0.383 e. The molecule has 4 rings (SSSR count). The van der Waals surface area contributed by atoms with Gasteiger partial charge in [-0.3, -0.25) is 0 Å². The lowest BCUT2D eigenvalue weighted by atomic mass is 9.79. The third-order valence-corrected chi connectivity index (χ3v) is 4.84. The van der Waals surface area contributed by atoms with E-state index in [1.54, 1.807) is 4.68 Å². The highest BCUT2D eigenvalue weighted by atomic mass is 16.3. The van der Waals surface area contributed by atoms with E-state index >= 15 is 0 Å². The molecular formula is C19H21N5O. The molecule has 0 fully saturated rings. The molecule has 1 aliphatic rings. The topological polar surface area (TPSA) is 75.9 Å². The number of anilines is 1. The maximum atomic E-state index is 11.2. The van der Waals surface area contributed by atoms with Gasteiger partial charge in [-0.25, -0.2) is 0 Å². The number of aryl methyl sites for hydroxylation is 2. The van der Waals surface area contributed by atoms with Crippen molar-refractivity contribution in [1.29, 1.82) is 0 Å². The average molecular weight is 335 g/mol. The second kappa shape index (κ2) is 6.29. The normalized spacial score (nSPS) is 19.4. The van der Waals surface area contributed by atoms with Gasteiger partial charge in [-0.2, -0.15) is 4.68 Å². The van der Waals surface area contributed by atoms with Crippen LogP contribution >= 0.6 is 0 Å². The second-order valence-electron chi connectivity index (χ2n) is 6.65. The first-order chi connectivity index (χ1) is 12.2. The summed E-state index contributed by atoms with van der Waals surface area (Å²) in [5.41, 5.74) is 3.38. The number of fused-ring (bicyclic) bond motifs is 1. The molecule has 0 radical (unpaired) electrons. The van der Waals surface area contributed by atoms with Crippen molar-refractivity contribution < 1.29 is 5.11 Å². The molecule has 0 bridgehead atoms. The molecule has 3 aromatic rings. The van der Waals surface area contributed by atoms with Crippen molar-refractivity contribution in [2.75, 3.05) is 11.9 Å². The Morgan fingerprint density at radius 2 is 1.96 bits per heavy atom. The number of nitrogens with one attached hydrogen (secondary N) is 1. The minimum Gasteiger partial charge on any atom is -0.383 e. The summed E-state index contributed by atoms with van der Waals surface area (Å²) >= 11 is 0. The molecule has 0 amide bonds. The summed E-state index contributed by atoms with van der Waals surface area (Å²) < 4.78 is 1.65. The fourth-order valence-electron chi connectivity index (χ4n) is 3.46. The van der Waals surface area contributed by atoms with E-state index in [0.29, 0.717) is 12.5 Å². The lowest BCUT2D eigenvalue weighted by molar-refractivity contribution is 0.0321. The zero-order valence-corrected chi connectivity index (χ0v) is 14.2. The van der Waals surface area contributed by atoms with Gasteiger partial charge in [-0.15, -0.1) is 0 Å². The molecule has 6 heteroatoms. The molecule has 1 aromatic heterocycles. The Hall–Kier alpha value is -2.73. The summed E-state index contributed by atoms with van der Waals surface area (Å²) in [5.74, 6) is 0.528. The van der Waals surface area contributed by atoms with E-state index in [-0.39, 0.29) is 0 Å². The molecule has 6 nitrogen and oxygen atoms in total. The molecule has 128 valence electrons. The van der Waals surface area contributed by atoms with Gasteiger partial charge >= 0.3 is 0 Å². The number of benzene rings is 2. The molecule has 0 saturated heterocycles. The van der Waals surface area contributed by atoms with Crippen LogP contribution in [0.4, 0.5) is 5.95 Å². The molecule has 1 aliphatic carbocycles. The second-order valence-corrected chi connectivity index (χ2v) is 6.65. The van der Waals surface area contributed by atoms with E-state index in [2.05, 4.69) is 26.9 Å². The molecular weight excluding hydrogens is 314 g/mol. The smallest absolute Gasteiger partial charge is 0.247 e. The van der Waals surface area contributed by atoms with Crippen LogP contribution in [0.3, 0.4) is 0 Å². The summed E-state index contributed by atoms with van der Waals surface area (Å²) in [6, 6.07) is 16.1. The van der Waals surface area contributed by atoms with Crippen molar-refractivity contribution in [3.8, 4) is 5.69 Å². The van der Waals surface area contributed by atoms with Gasteiger partial charge in [0.05, 0.1) is 12.2 Å². The third kappa shape index (κ3) is 3.00. The van der Waals surface area contributed by atoms with Gasteiger partial charge in [0, 0.05) is 0 Å². The highest BCUT2D eigenvalue weighted by Crippen LogP contribution is 2.35. The maximum Gasteiger partial charge on any atom is 0.247 e. The van der Waals surface area contributed by atoms with E-state index in [4.69, 9.17) is 0 Å². The Kier molecular flexibility index (Phi) is 3.97. The van der Waals surface area contributed by atoms with Crippen LogP contribution in [-0.4, -0.2) is 31.9 Å². The molecule has 2 N–H and O–H groups in total. The Morgan fingerprint density at radius 3 is 2.80 bits per heavy atom. The first-order valence-electron chi connectivity index (χ1n) is 8.56. The van der Waals surface area contributed by atoms with E-state index < -0.39 is 5.60 Å². The van der Waals surface area contributed by atoms with E-state index in [0.717, 1.165) is 30.5 Å². The first kappa shape index (κ1) is 15.8. The van der Waals surface area contributed by atoms with Crippen molar-refractivity contribution in [2.24, 2.45) is 0 Å². The molecule has 2 aromatic carbocycles. The Morgan fingerprint density at radius 1 is 1.16 bits per heavy atom. The minimum absolute atomic E-state index is 0.371. The molecule has 0 saturated carbocycles. The van der Waals surface area contributed by atoms with Crippen LogP contribution in [0, 0.1) is 6.92 Å². The molecule has 1 atom stereocenters. The van der Waals surface area contributed by atoms with Crippen molar-refractivity contribution >= 4 is 5.95 Å². The fraction of sp³-hybridized carbons (Fsp3) is 0.316. The van der Waals surface area contributed by atoms with Crippen molar-refractivity contribution in [3.05, 3.63) is 65.2 Å². The van der Waals surface area contributed by atoms with Gasteiger partial charge in [0.2, 0.25) is 5.95 Å². The van der Waals surface area contributed by atoms with Crippen molar-refractivity contribution in [3.63, 3.8) is 0 Å². The summed E-state index contributed by atoms with van der Waals surface area (Å²) in [6.45, 7) is 2.41. The number of aliphatic hydroxyl groups is 1. The first-order valence-corrected chi connectivity index (χ1v) is 8.56. The summed E-state index contributed by atoms with van der Waals surface area (Å²) in [4.78, 5) is 0. The van der Waals surface area contributed by atoms with Gasteiger partial charge in [0.1, 0.15) is 5.60 Å². The van der Waals surface area contributed by atoms with Crippen LogP contribution in [0.25, 0.3) is 5.69 Å². The lowest BCUT2D eigenvalue weighted by Crippen LogP contribution is -2.38. The molecule has 0 aliphatic heterocycles. The Bertz CT molecular complexity index is 874. The van der Waals surface area contributed by atoms with Crippen LogP contribution < -0.4 is 5.32 Å². The zero-order valence-electron chi connectivity index (χ0n) is 14.2. The zero-order chi connectivity index (χ0) is 17.3. The van der Waals surface area contributed by atoms with Crippen LogP contribution in [0.5, 0.6) is 0 Å². The highest BCUT2D eigenvalue weighted by molar-refractivity contribution is 5.41. The summed E-state index contributed by atoms with van der Waals surface area (Å²) in [6.07, 6.45) is 2.71. The van der Waals surface area contributed by atoms with E-state index in [1.807, 2.05) is 49.4 Å². The monoisotopic (exact) mass is 335 g/mol. The minimum atomic E-state index is -0.904. The van der Waals surface area contributed by atoms with E-state index in [1.165, 1.54) is 11.1 Å². The Balaban J connectivity index is 1.57. The van der Waals surface area contributed by atoms with Gasteiger partial charge in [0.15, 0.2) is 0 Å². The number of hydrogen-bond donors (Lipinski definition) is 2.